The number of amides is 2. The summed E-state index contributed by atoms with van der Waals surface area (Å²) in [4.78, 5) is 42.7. The molecule has 11 heteroatoms. The number of nitrogens with zero attached hydrogens (tertiary/aromatic N) is 5. The molecule has 2 fully saturated rings. The molecule has 2 aromatic carbocycles. The second kappa shape index (κ2) is 10.6. The maximum atomic E-state index is 14.2. The molecular formula is C32H30BrN7O3. The number of benzene rings is 2. The lowest BCUT2D eigenvalue weighted by Gasteiger charge is -2.37. The molecule has 0 radical (unpaired) electrons. The van der Waals surface area contributed by atoms with E-state index in [1.54, 1.807) is 24.1 Å². The van der Waals surface area contributed by atoms with Crippen molar-refractivity contribution in [2.75, 3.05) is 18.2 Å². The highest BCUT2D eigenvalue weighted by Gasteiger charge is 2.51. The quantitative estimate of drug-likeness (QED) is 0.240. The molecule has 3 atom stereocenters. The first-order chi connectivity index (χ1) is 20.8. The Morgan fingerprint density at radius 1 is 1.09 bits per heavy atom. The van der Waals surface area contributed by atoms with Crippen molar-refractivity contribution < 1.29 is 14.3 Å². The van der Waals surface area contributed by atoms with Crippen LogP contribution in [0.2, 0.25) is 0 Å². The Labute approximate surface area is 256 Å². The number of nitrogens with one attached hydrogen (secondary N) is 1. The molecule has 218 valence electrons. The molecule has 2 aliphatic rings. The number of carbonyl (C=O) groups excluding carboxylic acids is 2. The number of hydrogen-bond donors (Lipinski definition) is 2. The molecule has 0 unspecified atom stereocenters. The number of ether oxygens (including phenoxy) is 1. The number of methoxy groups -OCH3 is 1. The van der Waals surface area contributed by atoms with Crippen LogP contribution in [0.1, 0.15) is 24.8 Å². The van der Waals surface area contributed by atoms with Gasteiger partial charge in [-0.05, 0) is 101 Å². The highest BCUT2D eigenvalue weighted by atomic mass is 79.9. The first-order valence-corrected chi connectivity index (χ1v) is 15.0. The van der Waals surface area contributed by atoms with Crippen LogP contribution in [0.25, 0.3) is 33.1 Å². The van der Waals surface area contributed by atoms with Crippen molar-refractivity contribution in [2.24, 2.45) is 5.92 Å². The maximum absolute atomic E-state index is 14.2. The predicted molar refractivity (Wildman–Crippen MR) is 169 cm³/mol. The fraction of sp³-hybridized carbons (Fsp3) is 0.281. The van der Waals surface area contributed by atoms with Crippen molar-refractivity contribution in [2.45, 2.75) is 44.8 Å². The number of aromatic nitrogens is 4. The Bertz CT molecular complexity index is 1920. The molecule has 1 aliphatic carbocycles. The van der Waals surface area contributed by atoms with Crippen LogP contribution < -0.4 is 15.8 Å². The molecule has 2 amide bonds. The fourth-order valence-electron chi connectivity index (χ4n) is 6.73. The van der Waals surface area contributed by atoms with E-state index < -0.39 is 6.04 Å². The Balaban J connectivity index is 1.27. The highest BCUT2D eigenvalue weighted by Crippen LogP contribution is 2.44. The van der Waals surface area contributed by atoms with Crippen molar-refractivity contribution >= 4 is 61.3 Å². The minimum Gasteiger partial charge on any atom is -0.497 e. The number of likely N-dealkylation sites (tertiary alicyclic amines) is 1. The van der Waals surface area contributed by atoms with Crippen molar-refractivity contribution in [1.29, 1.82) is 0 Å². The van der Waals surface area contributed by atoms with Gasteiger partial charge in [0.05, 0.1) is 18.0 Å². The molecule has 3 aromatic heterocycles. The van der Waals surface area contributed by atoms with Gasteiger partial charge in [-0.3, -0.25) is 9.59 Å². The van der Waals surface area contributed by atoms with Gasteiger partial charge in [0.25, 0.3) is 0 Å². The molecule has 0 spiro atoms. The van der Waals surface area contributed by atoms with Crippen molar-refractivity contribution in [3.63, 3.8) is 0 Å². The topological polar surface area (TPSA) is 128 Å². The van der Waals surface area contributed by atoms with E-state index >= 15 is 0 Å². The number of carbonyl (C=O) groups is 2. The van der Waals surface area contributed by atoms with Crippen LogP contribution in [0.3, 0.4) is 0 Å². The standard InChI is InChI=1S/C32H30BrN7O3/c1-17-11-20(18-5-3-6-21(12-18)43-2)13-22-28-30(34)35-16-36-31(28)39(29(17)22)15-27(41)40-23-10-9-19(23)14-24(40)32(42)38-26-8-4-7-25(33)37-26/h3-8,11-13,16,19,23-24H,9-10,14-15H2,1-2H3,(H2,34,35,36)(H,37,38,42)/t19-,23-,24+/m1/s1. The maximum Gasteiger partial charge on any atom is 0.248 e. The molecule has 0 bridgehead atoms. The smallest absolute Gasteiger partial charge is 0.248 e. The highest BCUT2D eigenvalue weighted by molar-refractivity contribution is 9.10. The van der Waals surface area contributed by atoms with Gasteiger partial charge in [-0.25, -0.2) is 15.0 Å². The Morgan fingerprint density at radius 2 is 1.93 bits per heavy atom. The number of aryl methyl sites for hydroxylation is 1. The zero-order valence-electron chi connectivity index (χ0n) is 23.8. The van der Waals surface area contributed by atoms with E-state index in [1.165, 1.54) is 6.33 Å². The average molecular weight is 641 g/mol. The van der Waals surface area contributed by atoms with Gasteiger partial charge in [0.1, 0.15) is 46.5 Å². The predicted octanol–water partition coefficient (Wildman–Crippen LogP) is 5.33. The summed E-state index contributed by atoms with van der Waals surface area (Å²) < 4.78 is 7.99. The largest absolute Gasteiger partial charge is 0.497 e. The third-order valence-electron chi connectivity index (χ3n) is 8.80. The van der Waals surface area contributed by atoms with Gasteiger partial charge in [0.2, 0.25) is 11.8 Å². The summed E-state index contributed by atoms with van der Waals surface area (Å²) in [6.45, 7) is 2.05. The normalized spacial score (nSPS) is 19.3. The monoisotopic (exact) mass is 639 g/mol. The Kier molecular flexibility index (Phi) is 6.76. The molecule has 1 saturated carbocycles. The van der Waals surface area contributed by atoms with Gasteiger partial charge >= 0.3 is 0 Å². The number of nitrogen functional groups attached to an aromatic ring is 1. The number of rotatable bonds is 6. The lowest BCUT2D eigenvalue weighted by atomic mass is 9.80. The molecule has 3 N–H and O–H groups in total. The number of nitrogens with two attached hydrogens (primary N) is 1. The third kappa shape index (κ3) is 4.68. The molecule has 5 aromatic rings. The summed E-state index contributed by atoms with van der Waals surface area (Å²) in [6.07, 6.45) is 3.97. The van der Waals surface area contributed by atoms with Crippen molar-refractivity contribution in [3.8, 4) is 16.9 Å². The van der Waals surface area contributed by atoms with Gasteiger partial charge in [-0.1, -0.05) is 18.2 Å². The summed E-state index contributed by atoms with van der Waals surface area (Å²) in [7, 11) is 1.65. The summed E-state index contributed by atoms with van der Waals surface area (Å²) >= 11 is 3.35. The molecule has 1 saturated heterocycles. The van der Waals surface area contributed by atoms with Crippen LogP contribution in [0.4, 0.5) is 11.6 Å². The number of pyridine rings is 1. The second-order valence-electron chi connectivity index (χ2n) is 11.3. The first-order valence-electron chi connectivity index (χ1n) is 14.2. The lowest BCUT2D eigenvalue weighted by molar-refractivity contribution is -0.140. The van der Waals surface area contributed by atoms with E-state index in [4.69, 9.17) is 10.5 Å². The number of hydrogen-bond acceptors (Lipinski definition) is 7. The van der Waals surface area contributed by atoms with Crippen LogP contribution >= 0.6 is 15.9 Å². The molecule has 4 heterocycles. The van der Waals surface area contributed by atoms with Gasteiger partial charge in [-0.15, -0.1) is 0 Å². The van der Waals surface area contributed by atoms with E-state index in [9.17, 15) is 9.59 Å². The van der Waals surface area contributed by atoms with E-state index in [0.29, 0.717) is 39.6 Å². The van der Waals surface area contributed by atoms with Gasteiger partial charge in [-0.2, -0.15) is 0 Å². The summed E-state index contributed by atoms with van der Waals surface area (Å²) in [6, 6.07) is 16.9. The second-order valence-corrected chi connectivity index (χ2v) is 12.1. The Morgan fingerprint density at radius 3 is 2.70 bits per heavy atom. The van der Waals surface area contributed by atoms with E-state index in [1.807, 2.05) is 41.8 Å². The van der Waals surface area contributed by atoms with E-state index in [-0.39, 0.29) is 24.4 Å². The minimum absolute atomic E-state index is 0.0257. The summed E-state index contributed by atoms with van der Waals surface area (Å²) in [5.41, 5.74) is 10.8. The zero-order chi connectivity index (χ0) is 29.8. The van der Waals surface area contributed by atoms with Gasteiger partial charge in [0, 0.05) is 11.4 Å². The Hall–Kier alpha value is -4.51. The van der Waals surface area contributed by atoms with Crippen LogP contribution in [0, 0.1) is 12.8 Å². The van der Waals surface area contributed by atoms with Crippen LogP contribution in [0.5, 0.6) is 5.75 Å². The van der Waals surface area contributed by atoms with Gasteiger partial charge in [0.15, 0.2) is 0 Å². The summed E-state index contributed by atoms with van der Waals surface area (Å²) in [5.74, 6) is 1.53. The van der Waals surface area contributed by atoms with E-state index in [2.05, 4.69) is 48.3 Å². The van der Waals surface area contributed by atoms with Crippen molar-refractivity contribution in [3.05, 3.63) is 71.1 Å². The lowest BCUT2D eigenvalue weighted by Crippen LogP contribution is -2.50. The zero-order valence-corrected chi connectivity index (χ0v) is 25.3. The number of anilines is 2. The molecule has 1 aliphatic heterocycles. The number of fused-ring (bicyclic) bond motifs is 4. The molecular weight excluding hydrogens is 610 g/mol. The fourth-order valence-corrected chi connectivity index (χ4v) is 7.07. The molecule has 43 heavy (non-hydrogen) atoms. The van der Waals surface area contributed by atoms with Crippen LogP contribution in [-0.4, -0.2) is 55.4 Å². The van der Waals surface area contributed by atoms with Crippen LogP contribution in [-0.2, 0) is 16.1 Å². The molecule has 10 nitrogen and oxygen atoms in total. The number of halogens is 1. The van der Waals surface area contributed by atoms with E-state index in [0.717, 1.165) is 46.2 Å². The SMILES string of the molecule is COc1cccc(-c2cc(C)c3c(c2)c2c(N)ncnc2n3CC(=O)N2[C@@H]3CC[C@@H]3C[C@H]2C(=O)Nc2cccc(Br)n2)c1. The van der Waals surface area contributed by atoms with Crippen LogP contribution in [0.15, 0.2) is 65.5 Å². The summed E-state index contributed by atoms with van der Waals surface area (Å²) in [5, 5.41) is 4.49. The van der Waals surface area contributed by atoms with Gasteiger partial charge < -0.3 is 25.3 Å². The first kappa shape index (κ1) is 27.3. The van der Waals surface area contributed by atoms with Crippen molar-refractivity contribution in [1.82, 2.24) is 24.4 Å². The third-order valence-corrected chi connectivity index (χ3v) is 9.24. The minimum atomic E-state index is -0.570. The average Bonchev–Trinajstić information content (AvgIpc) is 3.44. The molecule has 7 rings (SSSR count).